The molecule has 2 rings (SSSR count). The maximum atomic E-state index is 6.08. The van der Waals surface area contributed by atoms with E-state index in [4.69, 9.17) is 23.2 Å². The summed E-state index contributed by atoms with van der Waals surface area (Å²) in [5.41, 5.74) is 1.35. The zero-order valence-electron chi connectivity index (χ0n) is 9.99. The van der Waals surface area contributed by atoms with Crippen LogP contribution in [0, 0.1) is 0 Å². The number of piperidine rings is 1. The van der Waals surface area contributed by atoms with Gasteiger partial charge in [-0.25, -0.2) is 0 Å². The van der Waals surface area contributed by atoms with Crippen molar-refractivity contribution < 1.29 is 0 Å². The van der Waals surface area contributed by atoms with Crippen molar-refractivity contribution in [2.75, 3.05) is 11.8 Å². The second-order valence-electron chi connectivity index (χ2n) is 4.71. The number of hydrogen-bond donors (Lipinski definition) is 0. The van der Waals surface area contributed by atoms with Crippen LogP contribution in [0.4, 0.5) is 0 Å². The molecule has 1 aromatic carbocycles. The Balaban J connectivity index is 2.08. The summed E-state index contributed by atoms with van der Waals surface area (Å²) in [6.07, 6.45) is 3.65. The molecule has 0 saturated carbocycles. The van der Waals surface area contributed by atoms with Crippen LogP contribution >= 0.6 is 23.2 Å². The highest BCUT2D eigenvalue weighted by molar-refractivity contribution is 6.18. The molecular weight excluding hydrogens is 253 g/mol. The topological polar surface area (TPSA) is 3.24 Å². The van der Waals surface area contributed by atoms with E-state index in [0.717, 1.165) is 6.54 Å². The Hall–Kier alpha value is -0.240. The van der Waals surface area contributed by atoms with E-state index in [1.807, 2.05) is 0 Å². The van der Waals surface area contributed by atoms with E-state index < -0.39 is 0 Å². The normalized spacial score (nSPS) is 26.0. The van der Waals surface area contributed by atoms with E-state index >= 15 is 0 Å². The Morgan fingerprint density at radius 1 is 1.00 bits per heavy atom. The molecule has 1 saturated heterocycles. The van der Waals surface area contributed by atoms with Crippen LogP contribution in [0.25, 0.3) is 0 Å². The number of rotatable bonds is 4. The van der Waals surface area contributed by atoms with Crippen molar-refractivity contribution in [3.05, 3.63) is 35.9 Å². The Labute approximate surface area is 114 Å². The van der Waals surface area contributed by atoms with E-state index in [2.05, 4.69) is 35.2 Å². The predicted octanol–water partition coefficient (Wildman–Crippen LogP) is 3.89. The first-order chi connectivity index (χ1) is 8.35. The minimum absolute atomic E-state index is 0.481. The van der Waals surface area contributed by atoms with Gasteiger partial charge in [0.2, 0.25) is 0 Å². The molecule has 1 fully saturated rings. The summed E-state index contributed by atoms with van der Waals surface area (Å²) in [5, 5.41) is 0. The minimum atomic E-state index is 0.481. The average molecular weight is 272 g/mol. The third-order valence-electron chi connectivity index (χ3n) is 3.58. The van der Waals surface area contributed by atoms with E-state index in [0.29, 0.717) is 23.8 Å². The zero-order valence-corrected chi connectivity index (χ0v) is 11.5. The Kier molecular flexibility index (Phi) is 5.15. The molecule has 1 aliphatic rings. The first-order valence-corrected chi connectivity index (χ1v) is 7.33. The molecule has 1 aliphatic heterocycles. The van der Waals surface area contributed by atoms with Gasteiger partial charge in [0.05, 0.1) is 0 Å². The molecule has 0 radical (unpaired) electrons. The molecule has 0 amide bonds. The molecular formula is C14H19Cl2N. The molecule has 0 aromatic heterocycles. The second kappa shape index (κ2) is 6.63. The van der Waals surface area contributed by atoms with Crippen LogP contribution in [0.5, 0.6) is 0 Å². The number of benzene rings is 1. The van der Waals surface area contributed by atoms with Gasteiger partial charge in [-0.1, -0.05) is 36.8 Å². The van der Waals surface area contributed by atoms with Crippen molar-refractivity contribution in [1.82, 2.24) is 4.90 Å². The molecule has 1 nitrogen and oxygen atoms in total. The highest BCUT2D eigenvalue weighted by atomic mass is 35.5. The summed E-state index contributed by atoms with van der Waals surface area (Å²) in [6, 6.07) is 11.5. The highest BCUT2D eigenvalue weighted by Crippen LogP contribution is 2.26. The van der Waals surface area contributed by atoms with Crippen LogP contribution in [0.15, 0.2) is 30.3 Å². The maximum absolute atomic E-state index is 6.08. The maximum Gasteiger partial charge on any atom is 0.0379 e. The first-order valence-electron chi connectivity index (χ1n) is 6.26. The molecule has 1 heterocycles. The SMILES string of the molecule is ClC[C@@H]1CCC[C@H](CCl)N1Cc1ccccc1. The van der Waals surface area contributed by atoms with Gasteiger partial charge in [-0.2, -0.15) is 0 Å². The molecule has 0 aliphatic carbocycles. The van der Waals surface area contributed by atoms with Crippen molar-refractivity contribution in [2.45, 2.75) is 37.9 Å². The smallest absolute Gasteiger partial charge is 0.0379 e. The summed E-state index contributed by atoms with van der Waals surface area (Å²) in [4.78, 5) is 2.48. The van der Waals surface area contributed by atoms with Crippen LogP contribution in [-0.2, 0) is 6.54 Å². The fourth-order valence-electron chi connectivity index (χ4n) is 2.60. The lowest BCUT2D eigenvalue weighted by Gasteiger charge is -2.40. The summed E-state index contributed by atoms with van der Waals surface area (Å²) in [6.45, 7) is 0.968. The standard InChI is InChI=1S/C14H19Cl2N/c15-9-13-7-4-8-14(10-16)17(13)11-12-5-2-1-3-6-12/h1-3,5-6,13-14H,4,7-11H2/t13-,14+. The molecule has 0 bridgehead atoms. The summed E-state index contributed by atoms with van der Waals surface area (Å²) < 4.78 is 0. The van der Waals surface area contributed by atoms with Crippen LogP contribution < -0.4 is 0 Å². The second-order valence-corrected chi connectivity index (χ2v) is 5.32. The first kappa shape index (κ1) is 13.2. The van der Waals surface area contributed by atoms with Crippen LogP contribution in [0.2, 0.25) is 0 Å². The lowest BCUT2D eigenvalue weighted by Crippen LogP contribution is -2.47. The molecule has 17 heavy (non-hydrogen) atoms. The molecule has 2 atom stereocenters. The monoisotopic (exact) mass is 271 g/mol. The molecule has 0 spiro atoms. The fourth-order valence-corrected chi connectivity index (χ4v) is 3.27. The molecule has 94 valence electrons. The van der Waals surface area contributed by atoms with Gasteiger partial charge in [0.1, 0.15) is 0 Å². The Morgan fingerprint density at radius 3 is 2.12 bits per heavy atom. The zero-order chi connectivity index (χ0) is 12.1. The van der Waals surface area contributed by atoms with Crippen molar-refractivity contribution in [2.24, 2.45) is 0 Å². The quantitative estimate of drug-likeness (QED) is 0.752. The molecule has 0 N–H and O–H groups in total. The third-order valence-corrected chi connectivity index (χ3v) is 4.29. The summed E-state index contributed by atoms with van der Waals surface area (Å²) >= 11 is 12.2. The number of alkyl halides is 2. The van der Waals surface area contributed by atoms with Gasteiger partial charge in [0.25, 0.3) is 0 Å². The fraction of sp³-hybridized carbons (Fsp3) is 0.571. The average Bonchev–Trinajstić information content (AvgIpc) is 2.40. The van der Waals surface area contributed by atoms with E-state index in [9.17, 15) is 0 Å². The predicted molar refractivity (Wildman–Crippen MR) is 74.9 cm³/mol. The number of likely N-dealkylation sites (tertiary alicyclic amines) is 1. The van der Waals surface area contributed by atoms with Gasteiger partial charge in [0.15, 0.2) is 0 Å². The van der Waals surface area contributed by atoms with Crippen LogP contribution in [0.3, 0.4) is 0 Å². The van der Waals surface area contributed by atoms with Gasteiger partial charge in [0, 0.05) is 30.4 Å². The number of nitrogens with zero attached hydrogens (tertiary/aromatic N) is 1. The largest absolute Gasteiger partial charge is 0.291 e. The van der Waals surface area contributed by atoms with Crippen molar-refractivity contribution in [1.29, 1.82) is 0 Å². The molecule has 0 unspecified atom stereocenters. The van der Waals surface area contributed by atoms with Crippen molar-refractivity contribution in [3.63, 3.8) is 0 Å². The Morgan fingerprint density at radius 2 is 1.59 bits per heavy atom. The minimum Gasteiger partial charge on any atom is -0.291 e. The van der Waals surface area contributed by atoms with Crippen molar-refractivity contribution >= 4 is 23.2 Å². The van der Waals surface area contributed by atoms with Crippen molar-refractivity contribution in [3.8, 4) is 0 Å². The molecule has 1 aromatic rings. The van der Waals surface area contributed by atoms with Gasteiger partial charge < -0.3 is 0 Å². The van der Waals surface area contributed by atoms with E-state index in [1.54, 1.807) is 0 Å². The highest BCUT2D eigenvalue weighted by Gasteiger charge is 2.29. The Bertz CT molecular complexity index is 316. The lowest BCUT2D eigenvalue weighted by molar-refractivity contribution is 0.0991. The van der Waals surface area contributed by atoms with Crippen LogP contribution in [-0.4, -0.2) is 28.7 Å². The van der Waals surface area contributed by atoms with Crippen LogP contribution in [0.1, 0.15) is 24.8 Å². The van der Waals surface area contributed by atoms with Gasteiger partial charge in [-0.05, 0) is 18.4 Å². The summed E-state index contributed by atoms with van der Waals surface area (Å²) in [7, 11) is 0. The third kappa shape index (κ3) is 3.37. The van der Waals surface area contributed by atoms with E-state index in [1.165, 1.54) is 24.8 Å². The number of halogens is 2. The number of hydrogen-bond acceptors (Lipinski definition) is 1. The van der Waals surface area contributed by atoms with Gasteiger partial charge >= 0.3 is 0 Å². The molecule has 3 heteroatoms. The van der Waals surface area contributed by atoms with Gasteiger partial charge in [-0.3, -0.25) is 4.90 Å². The van der Waals surface area contributed by atoms with Gasteiger partial charge in [-0.15, -0.1) is 23.2 Å². The van der Waals surface area contributed by atoms with E-state index in [-0.39, 0.29) is 0 Å². The lowest BCUT2D eigenvalue weighted by atomic mass is 9.96. The summed E-state index contributed by atoms with van der Waals surface area (Å²) in [5.74, 6) is 1.42.